The van der Waals surface area contributed by atoms with Crippen LogP contribution in [0.25, 0.3) is 0 Å². The molecule has 0 saturated heterocycles. The summed E-state index contributed by atoms with van der Waals surface area (Å²) in [6.45, 7) is 8.72. The van der Waals surface area contributed by atoms with Gasteiger partial charge in [-0.05, 0) is 0 Å². The molecule has 1 heteroatoms. The average molecular weight is 296 g/mol. The third-order valence-corrected chi connectivity index (χ3v) is 5.27. The van der Waals surface area contributed by atoms with Crippen molar-refractivity contribution in [3.05, 3.63) is 10.2 Å². The summed E-state index contributed by atoms with van der Waals surface area (Å²) in [6, 6.07) is 0. The molecular formula is C12H24Te. The molecule has 0 aromatic rings. The van der Waals surface area contributed by atoms with Crippen molar-refractivity contribution in [2.24, 2.45) is 0 Å². The number of hydrogen-bond acceptors (Lipinski definition) is 0. The summed E-state index contributed by atoms with van der Waals surface area (Å²) in [5, 5.41) is 0. The second-order valence-corrected chi connectivity index (χ2v) is 7.19. The van der Waals surface area contributed by atoms with E-state index in [1.165, 1.54) is 49.4 Å². The van der Waals surface area contributed by atoms with Gasteiger partial charge in [-0.25, -0.2) is 0 Å². The third kappa shape index (κ3) is 10.5. The number of unbranched alkanes of at least 4 members (excludes halogenated alkanes) is 4. The molecule has 0 unspecified atom stereocenters. The Balaban J connectivity index is 3.11. The van der Waals surface area contributed by atoms with Gasteiger partial charge in [0.2, 0.25) is 0 Å². The Kier molecular flexibility index (Phi) is 11.0. The Hall–Kier alpha value is 0.530. The van der Waals surface area contributed by atoms with E-state index in [1.54, 1.807) is 3.62 Å². The van der Waals surface area contributed by atoms with Crippen LogP contribution in [-0.2, 0) is 0 Å². The van der Waals surface area contributed by atoms with Gasteiger partial charge in [0.05, 0.1) is 0 Å². The average Bonchev–Trinajstić information content (AvgIpc) is 2.13. The first kappa shape index (κ1) is 13.5. The molecule has 0 aliphatic carbocycles. The molecule has 78 valence electrons. The molecule has 0 aromatic heterocycles. The predicted molar refractivity (Wildman–Crippen MR) is 63.4 cm³/mol. The van der Waals surface area contributed by atoms with Crippen LogP contribution in [0.1, 0.15) is 58.8 Å². The SMILES string of the molecule is C=C(CCCCCC)[Te]CCCC. The molecular weight excluding hydrogens is 272 g/mol. The maximum absolute atomic E-state index is 4.18. The fraction of sp³-hybridized carbons (Fsp3) is 0.833. The van der Waals surface area contributed by atoms with Crippen molar-refractivity contribution < 1.29 is 0 Å². The minimum absolute atomic E-state index is 0.171. The summed E-state index contributed by atoms with van der Waals surface area (Å²) >= 11 is 0.171. The van der Waals surface area contributed by atoms with E-state index in [4.69, 9.17) is 0 Å². The van der Waals surface area contributed by atoms with Gasteiger partial charge in [0.1, 0.15) is 0 Å². The maximum atomic E-state index is 4.18. The summed E-state index contributed by atoms with van der Waals surface area (Å²) in [5.74, 6) is 0. The normalized spacial score (nSPS) is 10.3. The molecule has 0 bridgehead atoms. The molecule has 0 rings (SSSR count). The van der Waals surface area contributed by atoms with Crippen molar-refractivity contribution in [2.45, 2.75) is 63.3 Å². The molecule has 0 amide bonds. The zero-order valence-corrected chi connectivity index (χ0v) is 11.6. The topological polar surface area (TPSA) is 0 Å². The predicted octanol–water partition coefficient (Wildman–Crippen LogP) is 4.39. The molecule has 0 fully saturated rings. The molecule has 0 N–H and O–H groups in total. The van der Waals surface area contributed by atoms with E-state index < -0.39 is 0 Å². The first-order valence-corrected chi connectivity index (χ1v) is 8.43. The monoisotopic (exact) mass is 298 g/mol. The van der Waals surface area contributed by atoms with Crippen LogP contribution >= 0.6 is 0 Å². The molecule has 0 aromatic carbocycles. The molecule has 0 atom stereocenters. The fourth-order valence-corrected chi connectivity index (χ4v) is 4.07. The first-order chi connectivity index (χ1) is 6.31. The van der Waals surface area contributed by atoms with Crippen molar-refractivity contribution in [2.75, 3.05) is 0 Å². The summed E-state index contributed by atoms with van der Waals surface area (Å²) in [4.78, 5) is 0. The molecule has 0 aliphatic rings. The van der Waals surface area contributed by atoms with Crippen molar-refractivity contribution in [3.8, 4) is 0 Å². The van der Waals surface area contributed by atoms with E-state index in [0.717, 1.165) is 0 Å². The van der Waals surface area contributed by atoms with Crippen LogP contribution in [0.3, 0.4) is 0 Å². The van der Waals surface area contributed by atoms with Gasteiger partial charge in [0.15, 0.2) is 0 Å². The molecule has 0 saturated carbocycles. The van der Waals surface area contributed by atoms with Crippen LogP contribution in [0.2, 0.25) is 4.47 Å². The Morgan fingerprint density at radius 3 is 2.31 bits per heavy atom. The standard InChI is InChI=1S/C12H24Te/c1-4-6-8-9-10-12(3)13-11-7-5-2/h3-11H2,1-2H3. The van der Waals surface area contributed by atoms with Crippen LogP contribution < -0.4 is 0 Å². The summed E-state index contributed by atoms with van der Waals surface area (Å²) in [5.41, 5.74) is 0. The van der Waals surface area contributed by atoms with Gasteiger partial charge in [-0.3, -0.25) is 0 Å². The second kappa shape index (κ2) is 10.6. The number of rotatable bonds is 9. The quantitative estimate of drug-likeness (QED) is 0.437. The first-order valence-electron chi connectivity index (χ1n) is 5.61. The van der Waals surface area contributed by atoms with E-state index in [-0.39, 0.29) is 20.9 Å². The van der Waals surface area contributed by atoms with Gasteiger partial charge in [-0.1, -0.05) is 0 Å². The Morgan fingerprint density at radius 1 is 1.00 bits per heavy atom. The second-order valence-electron chi connectivity index (χ2n) is 3.55. The van der Waals surface area contributed by atoms with E-state index >= 15 is 0 Å². The molecule has 0 aliphatic heterocycles. The molecule has 0 radical (unpaired) electrons. The third-order valence-electron chi connectivity index (χ3n) is 2.11. The summed E-state index contributed by atoms with van der Waals surface area (Å²) in [7, 11) is 0. The molecule has 0 heterocycles. The van der Waals surface area contributed by atoms with Crippen LogP contribution in [0.15, 0.2) is 10.2 Å². The Bertz CT molecular complexity index is 118. The van der Waals surface area contributed by atoms with Crippen molar-refractivity contribution in [1.29, 1.82) is 0 Å². The van der Waals surface area contributed by atoms with Crippen LogP contribution in [0.4, 0.5) is 0 Å². The van der Waals surface area contributed by atoms with Gasteiger partial charge in [-0.2, -0.15) is 0 Å². The Morgan fingerprint density at radius 2 is 1.69 bits per heavy atom. The van der Waals surface area contributed by atoms with Gasteiger partial charge in [-0.15, -0.1) is 0 Å². The fourth-order valence-electron chi connectivity index (χ4n) is 1.18. The summed E-state index contributed by atoms with van der Waals surface area (Å²) in [6.07, 6.45) is 9.66. The molecule has 0 spiro atoms. The van der Waals surface area contributed by atoms with Gasteiger partial charge in [0.25, 0.3) is 0 Å². The zero-order chi connectivity index (χ0) is 9.94. The number of hydrogen-bond donors (Lipinski definition) is 0. The van der Waals surface area contributed by atoms with Gasteiger partial charge < -0.3 is 0 Å². The molecule has 0 nitrogen and oxygen atoms in total. The van der Waals surface area contributed by atoms with Crippen LogP contribution in [0.5, 0.6) is 0 Å². The Labute approximate surface area is 94.3 Å². The van der Waals surface area contributed by atoms with Gasteiger partial charge >= 0.3 is 94.4 Å². The minimum atomic E-state index is 0.171. The zero-order valence-electron chi connectivity index (χ0n) is 9.27. The van der Waals surface area contributed by atoms with E-state index in [0.29, 0.717) is 0 Å². The van der Waals surface area contributed by atoms with E-state index in [2.05, 4.69) is 20.4 Å². The van der Waals surface area contributed by atoms with Gasteiger partial charge in [0, 0.05) is 0 Å². The van der Waals surface area contributed by atoms with Crippen LogP contribution in [0, 0.1) is 0 Å². The van der Waals surface area contributed by atoms with E-state index in [9.17, 15) is 0 Å². The van der Waals surface area contributed by atoms with Crippen molar-refractivity contribution in [3.63, 3.8) is 0 Å². The number of allylic oxidation sites excluding steroid dienone is 1. The van der Waals surface area contributed by atoms with Crippen molar-refractivity contribution >= 4 is 20.9 Å². The summed E-state index contributed by atoms with van der Waals surface area (Å²) < 4.78 is 3.09. The van der Waals surface area contributed by atoms with E-state index in [1.807, 2.05) is 0 Å². The molecule has 13 heavy (non-hydrogen) atoms. The van der Waals surface area contributed by atoms with Crippen LogP contribution in [-0.4, -0.2) is 20.9 Å². The van der Waals surface area contributed by atoms with Crippen molar-refractivity contribution in [1.82, 2.24) is 0 Å².